The molecule has 3 N–H and O–H groups in total. The molecule has 2 amide bonds. The van der Waals surface area contributed by atoms with Crippen molar-refractivity contribution in [1.82, 2.24) is 20.2 Å². The lowest BCUT2D eigenvalue weighted by Crippen LogP contribution is -2.41. The van der Waals surface area contributed by atoms with Gasteiger partial charge in [-0.2, -0.15) is 0 Å². The number of fused-ring (bicyclic) bond motifs is 1. The van der Waals surface area contributed by atoms with Crippen molar-refractivity contribution in [2.24, 2.45) is 0 Å². The van der Waals surface area contributed by atoms with Crippen molar-refractivity contribution >= 4 is 12.0 Å². The van der Waals surface area contributed by atoms with Gasteiger partial charge in [-0.25, -0.2) is 23.5 Å². The van der Waals surface area contributed by atoms with Crippen LogP contribution in [0.4, 0.5) is 19.5 Å². The number of halogens is 2. The van der Waals surface area contributed by atoms with Crippen molar-refractivity contribution < 1.29 is 13.6 Å². The third kappa shape index (κ3) is 3.12. The third-order valence-electron chi connectivity index (χ3n) is 3.06. The number of amides is 2. The van der Waals surface area contributed by atoms with E-state index < -0.39 is 18.5 Å². The highest BCUT2D eigenvalue weighted by Crippen LogP contribution is 2.24. The Morgan fingerprint density at radius 3 is 2.75 bits per heavy atom. The van der Waals surface area contributed by atoms with Gasteiger partial charge in [0.25, 0.3) is 5.92 Å². The van der Waals surface area contributed by atoms with Crippen molar-refractivity contribution in [1.29, 1.82) is 0 Å². The Labute approximate surface area is 115 Å². The standard InChI is InChI=1S/C12H17F2N5O/c1-3-8-7-4-19(5-9(7)18-10(15)17-8)11(20)16-6-12(2,13)14/h3-6H2,1-2H3,(H,16,20)(H2,15,17,18). The average Bonchev–Trinajstić information content (AvgIpc) is 2.77. The lowest BCUT2D eigenvalue weighted by atomic mass is 10.1. The lowest BCUT2D eigenvalue weighted by Gasteiger charge is -2.18. The molecule has 1 aliphatic heterocycles. The minimum absolute atomic E-state index is 0.169. The van der Waals surface area contributed by atoms with E-state index in [0.717, 1.165) is 18.2 Å². The number of hydrogen-bond donors (Lipinski definition) is 2. The number of nitrogens with zero attached hydrogens (tertiary/aromatic N) is 3. The second-order valence-corrected chi connectivity index (χ2v) is 4.89. The second-order valence-electron chi connectivity index (χ2n) is 4.89. The largest absolute Gasteiger partial charge is 0.368 e. The quantitative estimate of drug-likeness (QED) is 0.876. The maximum absolute atomic E-state index is 12.7. The highest BCUT2D eigenvalue weighted by molar-refractivity contribution is 5.75. The van der Waals surface area contributed by atoms with E-state index in [2.05, 4.69) is 15.3 Å². The summed E-state index contributed by atoms with van der Waals surface area (Å²) in [4.78, 5) is 21.5. The number of rotatable bonds is 3. The maximum atomic E-state index is 12.7. The first kappa shape index (κ1) is 14.4. The second kappa shape index (κ2) is 5.18. The van der Waals surface area contributed by atoms with Crippen LogP contribution in [0.3, 0.4) is 0 Å². The maximum Gasteiger partial charge on any atom is 0.318 e. The Balaban J connectivity index is 2.07. The van der Waals surface area contributed by atoms with E-state index in [0.29, 0.717) is 18.7 Å². The number of anilines is 1. The number of urea groups is 1. The summed E-state index contributed by atoms with van der Waals surface area (Å²) in [6, 6.07) is -0.537. The first-order valence-electron chi connectivity index (χ1n) is 6.35. The van der Waals surface area contributed by atoms with Gasteiger partial charge in [0, 0.05) is 12.5 Å². The third-order valence-corrected chi connectivity index (χ3v) is 3.06. The summed E-state index contributed by atoms with van der Waals surface area (Å²) >= 11 is 0. The molecule has 110 valence electrons. The highest BCUT2D eigenvalue weighted by atomic mass is 19.3. The molecule has 0 aliphatic carbocycles. The summed E-state index contributed by atoms with van der Waals surface area (Å²) in [6.07, 6.45) is 0.678. The van der Waals surface area contributed by atoms with Crippen LogP contribution in [-0.4, -0.2) is 33.4 Å². The zero-order valence-electron chi connectivity index (χ0n) is 11.4. The Bertz CT molecular complexity index is 529. The number of nitrogens with one attached hydrogen (secondary N) is 1. The monoisotopic (exact) mass is 285 g/mol. The molecule has 1 aliphatic rings. The number of nitrogens with two attached hydrogens (primary N) is 1. The zero-order valence-corrected chi connectivity index (χ0v) is 11.4. The zero-order chi connectivity index (χ0) is 14.9. The summed E-state index contributed by atoms with van der Waals surface area (Å²) in [7, 11) is 0. The fourth-order valence-electron chi connectivity index (χ4n) is 2.12. The van der Waals surface area contributed by atoms with Crippen LogP contribution < -0.4 is 11.1 Å². The molecule has 20 heavy (non-hydrogen) atoms. The first-order valence-corrected chi connectivity index (χ1v) is 6.35. The molecular formula is C12H17F2N5O. The number of carbonyl (C=O) groups is 1. The molecular weight excluding hydrogens is 268 g/mol. The van der Waals surface area contributed by atoms with Crippen molar-refractivity contribution in [3.05, 3.63) is 17.0 Å². The van der Waals surface area contributed by atoms with Crippen LogP contribution in [0.15, 0.2) is 0 Å². The SMILES string of the molecule is CCc1nc(N)nc2c1CN(C(=O)NCC(C)(F)F)C2. The van der Waals surface area contributed by atoms with Gasteiger partial charge in [0.15, 0.2) is 0 Å². The molecule has 2 rings (SSSR count). The van der Waals surface area contributed by atoms with E-state index in [4.69, 9.17) is 5.73 Å². The summed E-state index contributed by atoms with van der Waals surface area (Å²) in [6.45, 7) is 2.58. The number of nitrogen functional groups attached to an aromatic ring is 1. The van der Waals surface area contributed by atoms with Gasteiger partial charge in [-0.1, -0.05) is 6.92 Å². The Morgan fingerprint density at radius 2 is 2.15 bits per heavy atom. The number of hydrogen-bond acceptors (Lipinski definition) is 4. The van der Waals surface area contributed by atoms with Crippen LogP contribution in [0.5, 0.6) is 0 Å². The molecule has 1 aromatic rings. The number of carbonyl (C=O) groups excluding carboxylic acids is 1. The molecule has 0 bridgehead atoms. The fourth-order valence-corrected chi connectivity index (χ4v) is 2.12. The summed E-state index contributed by atoms with van der Waals surface area (Å²) in [5, 5.41) is 2.21. The highest BCUT2D eigenvalue weighted by Gasteiger charge is 2.29. The minimum atomic E-state index is -2.93. The van der Waals surface area contributed by atoms with Gasteiger partial charge >= 0.3 is 6.03 Å². The molecule has 0 saturated heterocycles. The van der Waals surface area contributed by atoms with Crippen LogP contribution in [0.25, 0.3) is 0 Å². The molecule has 8 heteroatoms. The number of aromatic nitrogens is 2. The molecule has 2 heterocycles. The van der Waals surface area contributed by atoms with E-state index in [9.17, 15) is 13.6 Å². The van der Waals surface area contributed by atoms with Crippen LogP contribution in [-0.2, 0) is 19.5 Å². The van der Waals surface area contributed by atoms with E-state index in [1.165, 1.54) is 4.90 Å². The summed E-state index contributed by atoms with van der Waals surface area (Å²) in [5.41, 5.74) is 7.95. The van der Waals surface area contributed by atoms with E-state index >= 15 is 0 Å². The van der Waals surface area contributed by atoms with Crippen molar-refractivity contribution in [3.63, 3.8) is 0 Å². The van der Waals surface area contributed by atoms with E-state index in [1.807, 2.05) is 6.92 Å². The predicted octanol–water partition coefficient (Wildman–Crippen LogP) is 1.30. The Morgan fingerprint density at radius 1 is 1.45 bits per heavy atom. The number of alkyl halides is 2. The van der Waals surface area contributed by atoms with Gasteiger partial charge in [-0.15, -0.1) is 0 Å². The molecule has 0 aromatic carbocycles. The van der Waals surface area contributed by atoms with Gasteiger partial charge in [0.05, 0.1) is 31.0 Å². The smallest absolute Gasteiger partial charge is 0.318 e. The molecule has 0 fully saturated rings. The predicted molar refractivity (Wildman–Crippen MR) is 69.1 cm³/mol. The van der Waals surface area contributed by atoms with Crippen LogP contribution in [0, 0.1) is 0 Å². The van der Waals surface area contributed by atoms with Crippen molar-refractivity contribution in [3.8, 4) is 0 Å². The topological polar surface area (TPSA) is 84.1 Å². The van der Waals surface area contributed by atoms with Gasteiger partial charge in [-0.3, -0.25) is 0 Å². The molecule has 0 radical (unpaired) electrons. The minimum Gasteiger partial charge on any atom is -0.368 e. The van der Waals surface area contributed by atoms with Crippen LogP contribution >= 0.6 is 0 Å². The van der Waals surface area contributed by atoms with E-state index in [1.54, 1.807) is 0 Å². The molecule has 0 atom stereocenters. The van der Waals surface area contributed by atoms with Crippen molar-refractivity contribution in [2.75, 3.05) is 12.3 Å². The van der Waals surface area contributed by atoms with Crippen LogP contribution in [0.2, 0.25) is 0 Å². The van der Waals surface area contributed by atoms with Crippen LogP contribution in [0.1, 0.15) is 30.8 Å². The number of aryl methyl sites for hydroxylation is 1. The summed E-state index contributed by atoms with van der Waals surface area (Å²) in [5.74, 6) is -2.76. The Kier molecular flexibility index (Phi) is 3.74. The normalized spacial score (nSPS) is 14.3. The van der Waals surface area contributed by atoms with Gasteiger partial charge < -0.3 is 16.0 Å². The molecule has 1 aromatic heterocycles. The molecule has 0 unspecified atom stereocenters. The van der Waals surface area contributed by atoms with Gasteiger partial charge in [0.1, 0.15) is 0 Å². The van der Waals surface area contributed by atoms with E-state index in [-0.39, 0.29) is 12.5 Å². The molecule has 0 spiro atoms. The fraction of sp³-hybridized carbons (Fsp3) is 0.583. The first-order chi connectivity index (χ1) is 9.30. The van der Waals surface area contributed by atoms with Gasteiger partial charge in [0.2, 0.25) is 5.95 Å². The summed E-state index contributed by atoms with van der Waals surface area (Å²) < 4.78 is 25.5. The Hall–Kier alpha value is -1.99. The molecule has 0 saturated carbocycles. The van der Waals surface area contributed by atoms with Gasteiger partial charge in [-0.05, 0) is 6.42 Å². The molecule has 6 nitrogen and oxygen atoms in total. The average molecular weight is 285 g/mol. The van der Waals surface area contributed by atoms with Crippen molar-refractivity contribution in [2.45, 2.75) is 39.3 Å². The lowest BCUT2D eigenvalue weighted by molar-refractivity contribution is 0.0239.